The Balaban J connectivity index is 1.81. The fourth-order valence-corrected chi connectivity index (χ4v) is 1.70. The second-order valence-corrected chi connectivity index (χ2v) is 4.11. The molecule has 0 aliphatic rings. The quantitative estimate of drug-likeness (QED) is 0.686. The molecule has 0 fully saturated rings. The Labute approximate surface area is 107 Å². The van der Waals surface area contributed by atoms with Crippen molar-refractivity contribution in [1.29, 1.82) is 0 Å². The molecule has 0 bridgehead atoms. The lowest BCUT2D eigenvalue weighted by Gasteiger charge is -2.06. The first-order valence-corrected chi connectivity index (χ1v) is 6.20. The highest BCUT2D eigenvalue weighted by atomic mass is 15.0. The van der Waals surface area contributed by atoms with Crippen LogP contribution in [0.25, 0.3) is 0 Å². The van der Waals surface area contributed by atoms with E-state index in [0.29, 0.717) is 0 Å². The van der Waals surface area contributed by atoms with E-state index in [1.807, 2.05) is 25.5 Å². The van der Waals surface area contributed by atoms with Gasteiger partial charge in [0.05, 0.1) is 0 Å². The minimum Gasteiger partial charge on any atom is -0.370 e. The first-order valence-electron chi connectivity index (χ1n) is 6.20. The van der Waals surface area contributed by atoms with Gasteiger partial charge >= 0.3 is 0 Å². The van der Waals surface area contributed by atoms with E-state index in [1.54, 1.807) is 6.20 Å². The highest BCUT2D eigenvalue weighted by molar-refractivity contribution is 5.33. The van der Waals surface area contributed by atoms with E-state index in [-0.39, 0.29) is 0 Å². The van der Waals surface area contributed by atoms with Crippen LogP contribution in [0.4, 0.5) is 5.82 Å². The molecule has 0 unspecified atom stereocenters. The van der Waals surface area contributed by atoms with Gasteiger partial charge in [-0.15, -0.1) is 0 Å². The summed E-state index contributed by atoms with van der Waals surface area (Å²) in [5.74, 6) is 1.77. The predicted molar refractivity (Wildman–Crippen MR) is 72.6 cm³/mol. The smallest absolute Gasteiger partial charge is 0.131 e. The Morgan fingerprint density at radius 2 is 2.17 bits per heavy atom. The van der Waals surface area contributed by atoms with E-state index in [0.717, 1.165) is 37.6 Å². The highest BCUT2D eigenvalue weighted by Gasteiger charge is 1.99. The van der Waals surface area contributed by atoms with Crippen LogP contribution in [0.1, 0.15) is 11.4 Å². The summed E-state index contributed by atoms with van der Waals surface area (Å²) in [7, 11) is 1.93. The summed E-state index contributed by atoms with van der Waals surface area (Å²) in [6.45, 7) is 1.77. The van der Waals surface area contributed by atoms with Crippen LogP contribution in [-0.4, -0.2) is 35.1 Å². The van der Waals surface area contributed by atoms with Crippen molar-refractivity contribution in [3.8, 4) is 0 Å². The van der Waals surface area contributed by atoms with Crippen LogP contribution in [0.15, 0.2) is 30.7 Å². The van der Waals surface area contributed by atoms with Crippen molar-refractivity contribution in [3.05, 3.63) is 42.1 Å². The minimum atomic E-state index is 0.851. The van der Waals surface area contributed by atoms with Crippen molar-refractivity contribution in [1.82, 2.24) is 20.3 Å². The molecule has 0 spiro atoms. The van der Waals surface area contributed by atoms with E-state index in [4.69, 9.17) is 0 Å². The third kappa shape index (κ3) is 3.85. The van der Waals surface area contributed by atoms with Crippen LogP contribution in [0.3, 0.4) is 0 Å². The average Bonchev–Trinajstić information content (AvgIpc) is 2.90. The van der Waals surface area contributed by atoms with Crippen molar-refractivity contribution in [2.75, 3.05) is 25.5 Å². The molecule has 0 aliphatic heterocycles. The Kier molecular flexibility index (Phi) is 4.72. The van der Waals surface area contributed by atoms with Gasteiger partial charge in [-0.05, 0) is 31.2 Å². The number of nitrogens with one attached hydrogen (secondary N) is 3. The van der Waals surface area contributed by atoms with Crippen LogP contribution in [-0.2, 0) is 12.8 Å². The first kappa shape index (κ1) is 12.6. The van der Waals surface area contributed by atoms with E-state index in [2.05, 4.69) is 31.7 Å². The molecule has 0 saturated heterocycles. The monoisotopic (exact) mass is 245 g/mol. The molecule has 3 N–H and O–H groups in total. The van der Waals surface area contributed by atoms with Gasteiger partial charge in [-0.1, -0.05) is 0 Å². The lowest BCUT2D eigenvalue weighted by Crippen LogP contribution is -2.13. The maximum Gasteiger partial charge on any atom is 0.131 e. The van der Waals surface area contributed by atoms with Gasteiger partial charge in [-0.25, -0.2) is 9.97 Å². The summed E-state index contributed by atoms with van der Waals surface area (Å²) in [6.07, 6.45) is 7.59. The van der Waals surface area contributed by atoms with E-state index in [9.17, 15) is 0 Å². The molecule has 2 aromatic heterocycles. The lowest BCUT2D eigenvalue weighted by molar-refractivity contribution is 0.755. The molecule has 0 saturated carbocycles. The molecule has 2 rings (SSSR count). The Hall–Kier alpha value is -1.88. The number of rotatable bonds is 7. The largest absolute Gasteiger partial charge is 0.370 e. The number of likely N-dealkylation sites (N-methyl/N-ethyl adjacent to an activating group) is 1. The van der Waals surface area contributed by atoms with Crippen molar-refractivity contribution in [2.24, 2.45) is 0 Å². The van der Waals surface area contributed by atoms with E-state index in [1.165, 1.54) is 5.56 Å². The number of anilines is 1. The number of aromatic nitrogens is 3. The summed E-state index contributed by atoms with van der Waals surface area (Å²) in [4.78, 5) is 11.7. The van der Waals surface area contributed by atoms with Crippen LogP contribution in [0.5, 0.6) is 0 Å². The zero-order valence-corrected chi connectivity index (χ0v) is 10.6. The summed E-state index contributed by atoms with van der Waals surface area (Å²) in [5, 5.41) is 6.41. The molecule has 0 radical (unpaired) electrons. The summed E-state index contributed by atoms with van der Waals surface area (Å²) < 4.78 is 0. The standard InChI is InChI=1S/C13H19N5/c1-14-6-4-12-17-9-5-13(18-12)16-8-3-11-2-7-15-10-11/h2,5,7,9-10,14-15H,3-4,6,8H2,1H3,(H,16,17,18). The van der Waals surface area contributed by atoms with Gasteiger partial charge in [0, 0.05) is 38.1 Å². The number of H-pyrrole nitrogens is 1. The van der Waals surface area contributed by atoms with Crippen LogP contribution in [0, 0.1) is 0 Å². The highest BCUT2D eigenvalue weighted by Crippen LogP contribution is 2.03. The SMILES string of the molecule is CNCCc1nccc(NCCc2cc[nH]c2)n1. The Bertz CT molecular complexity index is 452. The molecule has 0 amide bonds. The maximum absolute atomic E-state index is 4.46. The van der Waals surface area contributed by atoms with Gasteiger partial charge in [0.25, 0.3) is 0 Å². The molecular formula is C13H19N5. The molecule has 96 valence electrons. The van der Waals surface area contributed by atoms with Gasteiger partial charge in [0.2, 0.25) is 0 Å². The Morgan fingerprint density at radius 1 is 1.22 bits per heavy atom. The average molecular weight is 245 g/mol. The molecule has 0 atom stereocenters. The molecule has 0 aliphatic carbocycles. The maximum atomic E-state index is 4.46. The van der Waals surface area contributed by atoms with E-state index < -0.39 is 0 Å². The number of nitrogens with zero attached hydrogens (tertiary/aromatic N) is 2. The molecule has 5 nitrogen and oxygen atoms in total. The summed E-state index contributed by atoms with van der Waals surface area (Å²) in [5.41, 5.74) is 1.30. The topological polar surface area (TPSA) is 65.6 Å². The van der Waals surface area contributed by atoms with Crippen LogP contribution < -0.4 is 10.6 Å². The zero-order valence-electron chi connectivity index (χ0n) is 10.6. The first-order chi connectivity index (χ1) is 8.88. The van der Waals surface area contributed by atoms with Gasteiger partial charge < -0.3 is 15.6 Å². The number of hydrogen-bond donors (Lipinski definition) is 3. The molecule has 2 aromatic rings. The number of hydrogen-bond acceptors (Lipinski definition) is 4. The minimum absolute atomic E-state index is 0.851. The second kappa shape index (κ2) is 6.76. The summed E-state index contributed by atoms with van der Waals surface area (Å²) >= 11 is 0. The molecule has 2 heterocycles. The second-order valence-electron chi connectivity index (χ2n) is 4.11. The van der Waals surface area contributed by atoms with Crippen molar-refractivity contribution >= 4 is 5.82 Å². The molecule has 0 aromatic carbocycles. The third-order valence-corrected chi connectivity index (χ3v) is 2.69. The van der Waals surface area contributed by atoms with Gasteiger partial charge in [0.15, 0.2) is 0 Å². The Morgan fingerprint density at radius 3 is 2.94 bits per heavy atom. The fourth-order valence-electron chi connectivity index (χ4n) is 1.70. The van der Waals surface area contributed by atoms with Crippen molar-refractivity contribution in [2.45, 2.75) is 12.8 Å². The molecule has 5 heteroatoms. The van der Waals surface area contributed by atoms with Gasteiger partial charge in [-0.2, -0.15) is 0 Å². The molecule has 18 heavy (non-hydrogen) atoms. The van der Waals surface area contributed by atoms with Gasteiger partial charge in [-0.3, -0.25) is 0 Å². The summed E-state index contributed by atoms with van der Waals surface area (Å²) in [6, 6.07) is 3.99. The zero-order chi connectivity index (χ0) is 12.6. The van der Waals surface area contributed by atoms with Crippen molar-refractivity contribution < 1.29 is 0 Å². The third-order valence-electron chi connectivity index (χ3n) is 2.69. The fraction of sp³-hybridized carbons (Fsp3) is 0.385. The van der Waals surface area contributed by atoms with Crippen LogP contribution >= 0.6 is 0 Å². The number of aromatic amines is 1. The van der Waals surface area contributed by atoms with E-state index >= 15 is 0 Å². The predicted octanol–water partition coefficient (Wildman–Crippen LogP) is 1.22. The molecular weight excluding hydrogens is 226 g/mol. The van der Waals surface area contributed by atoms with Crippen molar-refractivity contribution in [3.63, 3.8) is 0 Å². The lowest BCUT2D eigenvalue weighted by atomic mass is 10.2. The van der Waals surface area contributed by atoms with Crippen LogP contribution in [0.2, 0.25) is 0 Å². The normalized spacial score (nSPS) is 10.5. The van der Waals surface area contributed by atoms with Gasteiger partial charge in [0.1, 0.15) is 11.6 Å².